The molecular weight excluding hydrogens is 254 g/mol. The number of carbonyl (C=O) groups is 1. The number of rotatable bonds is 9. The minimum Gasteiger partial charge on any atom is -0.495 e. The van der Waals surface area contributed by atoms with Gasteiger partial charge in [-0.2, -0.15) is 0 Å². The number of unbranched alkanes of at least 4 members (excludes halogenated alkanes) is 5. The van der Waals surface area contributed by atoms with Crippen molar-refractivity contribution in [1.29, 1.82) is 0 Å². The maximum atomic E-state index is 11.8. The zero-order chi connectivity index (χ0) is 14.8. The van der Waals surface area contributed by atoms with Crippen LogP contribution in [0.1, 0.15) is 55.8 Å². The van der Waals surface area contributed by atoms with Crippen molar-refractivity contribution in [3.05, 3.63) is 23.8 Å². The third-order valence-electron chi connectivity index (χ3n) is 3.20. The molecule has 2 N–H and O–H groups in total. The lowest BCUT2D eigenvalue weighted by molar-refractivity contribution is 0.0497. The molecule has 0 spiro atoms. The first-order chi connectivity index (χ1) is 9.69. The number of anilines is 1. The summed E-state index contributed by atoms with van der Waals surface area (Å²) in [6.45, 7) is 2.67. The van der Waals surface area contributed by atoms with Crippen LogP contribution in [-0.4, -0.2) is 19.7 Å². The Morgan fingerprint density at radius 1 is 1.15 bits per heavy atom. The fourth-order valence-corrected chi connectivity index (χ4v) is 1.97. The van der Waals surface area contributed by atoms with E-state index >= 15 is 0 Å². The van der Waals surface area contributed by atoms with Crippen LogP contribution in [0.25, 0.3) is 0 Å². The summed E-state index contributed by atoms with van der Waals surface area (Å²) in [4.78, 5) is 11.8. The van der Waals surface area contributed by atoms with Gasteiger partial charge in [-0.15, -0.1) is 0 Å². The maximum absolute atomic E-state index is 11.8. The van der Waals surface area contributed by atoms with Crippen LogP contribution in [0.15, 0.2) is 18.2 Å². The molecular formula is C16H25NO3. The predicted octanol–water partition coefficient (Wildman–Crippen LogP) is 3.79. The maximum Gasteiger partial charge on any atom is 0.338 e. The van der Waals surface area contributed by atoms with Gasteiger partial charge in [0.2, 0.25) is 0 Å². The Morgan fingerprint density at radius 2 is 1.85 bits per heavy atom. The third-order valence-corrected chi connectivity index (χ3v) is 3.20. The smallest absolute Gasteiger partial charge is 0.338 e. The molecule has 4 nitrogen and oxygen atoms in total. The molecule has 0 saturated heterocycles. The molecule has 1 rings (SSSR count). The van der Waals surface area contributed by atoms with E-state index in [1.54, 1.807) is 18.2 Å². The SMILES string of the molecule is CCCCCCCCOC(=O)c1ccc(N)c(OC)c1. The number of ether oxygens (including phenoxy) is 2. The second-order valence-corrected chi connectivity index (χ2v) is 4.86. The molecule has 0 amide bonds. The van der Waals surface area contributed by atoms with E-state index in [2.05, 4.69) is 6.92 Å². The summed E-state index contributed by atoms with van der Waals surface area (Å²) in [6.07, 6.45) is 7.03. The average molecular weight is 279 g/mol. The van der Waals surface area contributed by atoms with E-state index in [-0.39, 0.29) is 5.97 Å². The van der Waals surface area contributed by atoms with Gasteiger partial charge in [0.25, 0.3) is 0 Å². The van der Waals surface area contributed by atoms with Gasteiger partial charge in [0.1, 0.15) is 5.75 Å². The monoisotopic (exact) mass is 279 g/mol. The van der Waals surface area contributed by atoms with E-state index in [9.17, 15) is 4.79 Å². The fourth-order valence-electron chi connectivity index (χ4n) is 1.97. The summed E-state index contributed by atoms with van der Waals surface area (Å²) in [5.41, 5.74) is 6.69. The van der Waals surface area contributed by atoms with E-state index in [4.69, 9.17) is 15.2 Å². The van der Waals surface area contributed by atoms with Crippen LogP contribution < -0.4 is 10.5 Å². The molecule has 0 aliphatic rings. The molecule has 0 radical (unpaired) electrons. The first kappa shape index (κ1) is 16.3. The molecule has 1 aromatic rings. The average Bonchev–Trinajstić information content (AvgIpc) is 2.46. The summed E-state index contributed by atoms with van der Waals surface area (Å²) in [5.74, 6) is 0.177. The fraction of sp³-hybridized carbons (Fsp3) is 0.562. The Morgan fingerprint density at radius 3 is 2.55 bits per heavy atom. The van der Waals surface area contributed by atoms with E-state index in [0.717, 1.165) is 12.8 Å². The molecule has 0 heterocycles. The Kier molecular flexibility index (Phi) is 7.55. The van der Waals surface area contributed by atoms with Gasteiger partial charge in [-0.3, -0.25) is 0 Å². The largest absolute Gasteiger partial charge is 0.495 e. The topological polar surface area (TPSA) is 61.5 Å². The van der Waals surface area contributed by atoms with Crippen molar-refractivity contribution < 1.29 is 14.3 Å². The molecule has 0 aliphatic heterocycles. The highest BCUT2D eigenvalue weighted by Gasteiger charge is 2.09. The second-order valence-electron chi connectivity index (χ2n) is 4.86. The molecule has 0 atom stereocenters. The Bertz CT molecular complexity index is 418. The number of hydrogen-bond acceptors (Lipinski definition) is 4. The van der Waals surface area contributed by atoms with Crippen LogP contribution >= 0.6 is 0 Å². The van der Waals surface area contributed by atoms with Crippen molar-refractivity contribution in [2.24, 2.45) is 0 Å². The van der Waals surface area contributed by atoms with Gasteiger partial charge in [0, 0.05) is 0 Å². The predicted molar refractivity (Wildman–Crippen MR) is 81.1 cm³/mol. The lowest BCUT2D eigenvalue weighted by Crippen LogP contribution is -2.07. The van der Waals surface area contributed by atoms with E-state index in [1.807, 2.05) is 0 Å². The number of benzene rings is 1. The summed E-state index contributed by atoms with van der Waals surface area (Å²) in [5, 5.41) is 0. The standard InChI is InChI=1S/C16H25NO3/c1-3-4-5-6-7-8-11-20-16(18)13-9-10-14(17)15(12-13)19-2/h9-10,12H,3-8,11,17H2,1-2H3. The first-order valence-electron chi connectivity index (χ1n) is 7.29. The number of methoxy groups -OCH3 is 1. The van der Waals surface area contributed by atoms with Gasteiger partial charge in [-0.05, 0) is 24.6 Å². The zero-order valence-electron chi connectivity index (χ0n) is 12.5. The van der Waals surface area contributed by atoms with Gasteiger partial charge < -0.3 is 15.2 Å². The second kappa shape index (κ2) is 9.23. The van der Waals surface area contributed by atoms with Crippen LogP contribution in [0.4, 0.5) is 5.69 Å². The van der Waals surface area contributed by atoms with Crippen LogP contribution in [0.3, 0.4) is 0 Å². The number of esters is 1. The highest BCUT2D eigenvalue weighted by Crippen LogP contribution is 2.22. The van der Waals surface area contributed by atoms with Gasteiger partial charge in [0.05, 0.1) is 25.0 Å². The van der Waals surface area contributed by atoms with Crippen LogP contribution in [0.5, 0.6) is 5.75 Å². The number of hydrogen-bond donors (Lipinski definition) is 1. The number of nitrogen functional groups attached to an aromatic ring is 1. The van der Waals surface area contributed by atoms with Crippen molar-refractivity contribution in [2.75, 3.05) is 19.5 Å². The third kappa shape index (κ3) is 5.51. The van der Waals surface area contributed by atoms with Gasteiger partial charge >= 0.3 is 5.97 Å². The van der Waals surface area contributed by atoms with Gasteiger partial charge in [-0.1, -0.05) is 39.0 Å². The molecule has 0 aromatic heterocycles. The molecule has 112 valence electrons. The highest BCUT2D eigenvalue weighted by atomic mass is 16.5. The molecule has 20 heavy (non-hydrogen) atoms. The molecule has 4 heteroatoms. The van der Waals surface area contributed by atoms with Crippen LogP contribution in [0.2, 0.25) is 0 Å². The summed E-state index contributed by atoms with van der Waals surface area (Å²) in [6, 6.07) is 4.92. The summed E-state index contributed by atoms with van der Waals surface area (Å²) < 4.78 is 10.3. The highest BCUT2D eigenvalue weighted by molar-refractivity contribution is 5.90. The van der Waals surface area contributed by atoms with E-state index in [1.165, 1.54) is 32.8 Å². The van der Waals surface area contributed by atoms with Crippen molar-refractivity contribution >= 4 is 11.7 Å². The Labute approximate surface area is 121 Å². The molecule has 0 saturated carbocycles. The van der Waals surface area contributed by atoms with Crippen LogP contribution in [-0.2, 0) is 4.74 Å². The Hall–Kier alpha value is -1.71. The van der Waals surface area contributed by atoms with Crippen molar-refractivity contribution in [2.45, 2.75) is 45.4 Å². The summed E-state index contributed by atoms with van der Waals surface area (Å²) in [7, 11) is 1.52. The van der Waals surface area contributed by atoms with Crippen LogP contribution in [0, 0.1) is 0 Å². The van der Waals surface area contributed by atoms with Crippen molar-refractivity contribution in [3.63, 3.8) is 0 Å². The normalized spacial score (nSPS) is 10.3. The lowest BCUT2D eigenvalue weighted by Gasteiger charge is -2.08. The molecule has 0 unspecified atom stereocenters. The van der Waals surface area contributed by atoms with E-state index < -0.39 is 0 Å². The minimum absolute atomic E-state index is 0.322. The molecule has 0 bridgehead atoms. The van der Waals surface area contributed by atoms with E-state index in [0.29, 0.717) is 23.6 Å². The number of carbonyl (C=O) groups excluding carboxylic acids is 1. The lowest BCUT2D eigenvalue weighted by atomic mass is 10.1. The quantitative estimate of drug-likeness (QED) is 0.424. The van der Waals surface area contributed by atoms with Crippen molar-refractivity contribution in [1.82, 2.24) is 0 Å². The van der Waals surface area contributed by atoms with Gasteiger partial charge in [0.15, 0.2) is 0 Å². The zero-order valence-corrected chi connectivity index (χ0v) is 12.5. The summed E-state index contributed by atoms with van der Waals surface area (Å²) >= 11 is 0. The molecule has 1 aromatic carbocycles. The molecule has 0 fully saturated rings. The number of nitrogens with two attached hydrogens (primary N) is 1. The minimum atomic E-state index is -0.322. The van der Waals surface area contributed by atoms with Gasteiger partial charge in [-0.25, -0.2) is 4.79 Å². The molecule has 0 aliphatic carbocycles. The Balaban J connectivity index is 2.29. The first-order valence-corrected chi connectivity index (χ1v) is 7.29. The van der Waals surface area contributed by atoms with Crippen molar-refractivity contribution in [3.8, 4) is 5.75 Å².